The summed E-state index contributed by atoms with van der Waals surface area (Å²) in [4.78, 5) is 15.5. The minimum atomic E-state index is 0.216. The molecule has 120 valence electrons. The van der Waals surface area contributed by atoms with E-state index in [9.17, 15) is 4.79 Å². The molecule has 0 saturated carbocycles. The third kappa shape index (κ3) is 2.63. The number of nitrogens with zero attached hydrogens (tertiary/aromatic N) is 1. The Bertz CT molecular complexity index is 737. The van der Waals surface area contributed by atoms with E-state index in [2.05, 4.69) is 48.4 Å². The molecule has 2 aromatic carbocycles. The van der Waals surface area contributed by atoms with Crippen molar-refractivity contribution >= 4 is 17.9 Å². The van der Waals surface area contributed by atoms with E-state index in [1.807, 2.05) is 36.4 Å². The Morgan fingerprint density at radius 2 is 1.21 bits per heavy atom. The van der Waals surface area contributed by atoms with Crippen LogP contribution in [0.4, 0.5) is 0 Å². The number of hydrogen-bond acceptors (Lipinski definition) is 2. The van der Waals surface area contributed by atoms with Crippen molar-refractivity contribution in [3.05, 3.63) is 82.9 Å². The van der Waals surface area contributed by atoms with Gasteiger partial charge in [0.25, 0.3) is 0 Å². The van der Waals surface area contributed by atoms with Crippen LogP contribution in [0.15, 0.2) is 71.8 Å². The first-order chi connectivity index (χ1) is 11.7. The number of likely N-dealkylation sites (N-methyl/N-ethyl adjacent to an activating group) is 1. The summed E-state index contributed by atoms with van der Waals surface area (Å²) in [5, 5.41) is 0. The van der Waals surface area contributed by atoms with E-state index in [-0.39, 0.29) is 17.9 Å². The summed E-state index contributed by atoms with van der Waals surface area (Å²) >= 11 is 0. The van der Waals surface area contributed by atoms with Crippen LogP contribution in [-0.2, 0) is 4.79 Å². The van der Waals surface area contributed by atoms with Crippen LogP contribution in [0.3, 0.4) is 0 Å². The summed E-state index contributed by atoms with van der Waals surface area (Å²) in [5.74, 6) is 0.216. The van der Waals surface area contributed by atoms with Crippen molar-refractivity contribution in [1.82, 2.24) is 4.90 Å². The molecule has 0 aliphatic carbocycles. The lowest BCUT2D eigenvalue weighted by Crippen LogP contribution is -2.43. The average molecular weight is 315 g/mol. The van der Waals surface area contributed by atoms with E-state index >= 15 is 0 Å². The topological polar surface area (TPSA) is 20.3 Å². The molecule has 2 fully saturated rings. The van der Waals surface area contributed by atoms with Gasteiger partial charge in [0, 0.05) is 23.2 Å². The molecule has 2 nitrogen and oxygen atoms in total. The molecule has 0 amide bonds. The minimum Gasteiger partial charge on any atom is -0.292 e. The largest absolute Gasteiger partial charge is 0.292 e. The molecule has 2 aliphatic rings. The van der Waals surface area contributed by atoms with Crippen LogP contribution in [0.5, 0.6) is 0 Å². The molecule has 2 bridgehead atoms. The monoisotopic (exact) mass is 315 g/mol. The Morgan fingerprint density at radius 3 is 1.62 bits per heavy atom. The Hall–Kier alpha value is -2.45. The smallest absolute Gasteiger partial charge is 0.188 e. The number of Topliss-reactive ketones (excluding diaryl/α,β-unsaturated/α-hetero) is 1. The van der Waals surface area contributed by atoms with Gasteiger partial charge in [-0.15, -0.1) is 0 Å². The van der Waals surface area contributed by atoms with Crippen molar-refractivity contribution in [2.24, 2.45) is 0 Å². The predicted octanol–water partition coefficient (Wildman–Crippen LogP) is 4.20. The normalized spacial score (nSPS) is 27.1. The second-order valence-corrected chi connectivity index (χ2v) is 6.62. The Morgan fingerprint density at radius 1 is 0.792 bits per heavy atom. The fourth-order valence-electron chi connectivity index (χ4n) is 3.94. The molecule has 2 saturated heterocycles. The summed E-state index contributed by atoms with van der Waals surface area (Å²) in [6, 6.07) is 20.8. The SMILES string of the molecule is CN1[C@@H]2CC[C@@H]1/C(=C\c1ccccc1)C(=O)/C2=C\c1ccccc1. The zero-order chi connectivity index (χ0) is 16.5. The number of benzene rings is 2. The molecule has 0 spiro atoms. The molecule has 0 radical (unpaired) electrons. The average Bonchev–Trinajstić information content (AvgIpc) is 2.93. The molecular formula is C22H21NO. The maximum atomic E-state index is 13.2. The van der Waals surface area contributed by atoms with Gasteiger partial charge in [0.15, 0.2) is 5.78 Å². The van der Waals surface area contributed by atoms with Gasteiger partial charge in [0.1, 0.15) is 0 Å². The van der Waals surface area contributed by atoms with Crippen LogP contribution in [0.25, 0.3) is 12.2 Å². The molecule has 2 heterocycles. The standard InChI is InChI=1S/C22H21NO/c1-23-20-12-13-21(23)19(15-17-10-6-3-7-11-17)22(24)18(20)14-16-8-4-2-5-9-16/h2-11,14-15,20-21H,12-13H2,1H3/b18-14-,19-15+/t20-,21-/m1/s1. The van der Waals surface area contributed by atoms with Gasteiger partial charge in [0.05, 0.1) is 0 Å². The first kappa shape index (κ1) is 15.1. The molecule has 4 rings (SSSR count). The third-order valence-corrected chi connectivity index (χ3v) is 5.18. The number of fused-ring (bicyclic) bond motifs is 2. The van der Waals surface area contributed by atoms with E-state index in [1.165, 1.54) is 0 Å². The van der Waals surface area contributed by atoms with Crippen LogP contribution >= 0.6 is 0 Å². The van der Waals surface area contributed by atoms with Crippen LogP contribution in [0.1, 0.15) is 24.0 Å². The van der Waals surface area contributed by atoms with Crippen molar-refractivity contribution in [3.8, 4) is 0 Å². The van der Waals surface area contributed by atoms with Gasteiger partial charge >= 0.3 is 0 Å². The number of carbonyl (C=O) groups is 1. The van der Waals surface area contributed by atoms with Gasteiger partial charge in [-0.1, -0.05) is 60.7 Å². The predicted molar refractivity (Wildman–Crippen MR) is 98.4 cm³/mol. The summed E-state index contributed by atoms with van der Waals surface area (Å²) in [5.41, 5.74) is 4.05. The van der Waals surface area contributed by atoms with Crippen LogP contribution in [0, 0.1) is 0 Å². The highest BCUT2D eigenvalue weighted by atomic mass is 16.1. The fraction of sp³-hybridized carbons (Fsp3) is 0.227. The van der Waals surface area contributed by atoms with E-state index in [0.29, 0.717) is 0 Å². The third-order valence-electron chi connectivity index (χ3n) is 5.18. The Balaban J connectivity index is 1.78. The van der Waals surface area contributed by atoms with E-state index in [1.54, 1.807) is 0 Å². The maximum Gasteiger partial charge on any atom is 0.188 e. The molecule has 2 aliphatic heterocycles. The zero-order valence-corrected chi connectivity index (χ0v) is 13.9. The lowest BCUT2D eigenvalue weighted by atomic mass is 9.88. The van der Waals surface area contributed by atoms with Crippen LogP contribution in [0.2, 0.25) is 0 Å². The van der Waals surface area contributed by atoms with Gasteiger partial charge in [-0.2, -0.15) is 0 Å². The number of ketones is 1. The first-order valence-corrected chi connectivity index (χ1v) is 8.54. The Labute approximate surface area is 143 Å². The number of rotatable bonds is 2. The number of carbonyl (C=O) groups excluding carboxylic acids is 1. The Kier molecular flexibility index (Phi) is 3.91. The highest BCUT2D eigenvalue weighted by Gasteiger charge is 2.44. The van der Waals surface area contributed by atoms with Gasteiger partial charge in [-0.3, -0.25) is 9.69 Å². The molecule has 0 unspecified atom stereocenters. The molecule has 2 heteroatoms. The molecule has 0 N–H and O–H groups in total. The van der Waals surface area contributed by atoms with E-state index < -0.39 is 0 Å². The highest BCUT2D eigenvalue weighted by Crippen LogP contribution is 2.40. The van der Waals surface area contributed by atoms with Crippen molar-refractivity contribution in [2.45, 2.75) is 24.9 Å². The summed E-state index contributed by atoms with van der Waals surface area (Å²) < 4.78 is 0. The lowest BCUT2D eigenvalue weighted by Gasteiger charge is -2.34. The summed E-state index contributed by atoms with van der Waals surface area (Å²) in [7, 11) is 2.15. The molecular weight excluding hydrogens is 294 g/mol. The van der Waals surface area contributed by atoms with Crippen molar-refractivity contribution < 1.29 is 4.79 Å². The minimum absolute atomic E-state index is 0.216. The number of piperidine rings is 1. The van der Waals surface area contributed by atoms with Crippen molar-refractivity contribution in [2.75, 3.05) is 7.05 Å². The second-order valence-electron chi connectivity index (χ2n) is 6.62. The second kappa shape index (κ2) is 6.21. The van der Waals surface area contributed by atoms with Crippen LogP contribution < -0.4 is 0 Å². The molecule has 2 atom stereocenters. The maximum absolute atomic E-state index is 13.2. The van der Waals surface area contributed by atoms with E-state index in [4.69, 9.17) is 0 Å². The molecule has 2 aromatic rings. The van der Waals surface area contributed by atoms with Gasteiger partial charge in [0.2, 0.25) is 0 Å². The van der Waals surface area contributed by atoms with Crippen LogP contribution in [-0.4, -0.2) is 29.8 Å². The van der Waals surface area contributed by atoms with E-state index in [0.717, 1.165) is 35.1 Å². The van der Waals surface area contributed by atoms with Crippen molar-refractivity contribution in [3.63, 3.8) is 0 Å². The lowest BCUT2D eigenvalue weighted by molar-refractivity contribution is -0.114. The van der Waals surface area contributed by atoms with Gasteiger partial charge in [-0.05, 0) is 43.2 Å². The first-order valence-electron chi connectivity index (χ1n) is 8.54. The van der Waals surface area contributed by atoms with Crippen molar-refractivity contribution in [1.29, 1.82) is 0 Å². The van der Waals surface area contributed by atoms with Gasteiger partial charge in [-0.25, -0.2) is 0 Å². The highest BCUT2D eigenvalue weighted by molar-refractivity contribution is 6.16. The van der Waals surface area contributed by atoms with Gasteiger partial charge < -0.3 is 0 Å². The quantitative estimate of drug-likeness (QED) is 0.774. The molecule has 0 aromatic heterocycles. The molecule has 24 heavy (non-hydrogen) atoms. The summed E-state index contributed by atoms with van der Waals surface area (Å²) in [6.45, 7) is 0. The summed E-state index contributed by atoms with van der Waals surface area (Å²) in [6.07, 6.45) is 6.25. The number of hydrogen-bond donors (Lipinski definition) is 0. The zero-order valence-electron chi connectivity index (χ0n) is 13.9. The fourth-order valence-corrected chi connectivity index (χ4v) is 3.94.